The molecule has 0 spiro atoms. The molecule has 14 heavy (non-hydrogen) atoms. The lowest BCUT2D eigenvalue weighted by atomic mass is 10.3. The largest absolute Gasteiger partial charge is 0.423 e. The van der Waals surface area contributed by atoms with Crippen LogP contribution in [-0.2, 0) is 4.79 Å². The highest BCUT2D eigenvalue weighted by Gasteiger charge is 2.03. The van der Waals surface area contributed by atoms with E-state index in [0.717, 1.165) is 6.08 Å². The number of esters is 1. The maximum atomic E-state index is 10.9. The van der Waals surface area contributed by atoms with Crippen LogP contribution in [0.25, 0.3) is 10.4 Å². The third-order valence-corrected chi connectivity index (χ3v) is 1.39. The molecule has 0 aliphatic carbocycles. The zero-order valence-corrected chi connectivity index (χ0v) is 7.25. The molecule has 5 heteroatoms. The van der Waals surface area contributed by atoms with Gasteiger partial charge in [-0.1, -0.05) is 23.8 Å². The molecule has 0 radical (unpaired) electrons. The molecule has 1 rings (SSSR count). The van der Waals surface area contributed by atoms with E-state index in [1.807, 2.05) is 0 Å². The summed E-state index contributed by atoms with van der Waals surface area (Å²) in [5, 5.41) is 3.36. The minimum Gasteiger partial charge on any atom is -0.423 e. The fraction of sp³-hybridized carbons (Fsp3) is 0. The van der Waals surface area contributed by atoms with Crippen LogP contribution in [0.4, 0.5) is 5.69 Å². The normalized spacial score (nSPS) is 8.57. The fourth-order valence-corrected chi connectivity index (χ4v) is 0.824. The first-order valence-corrected chi connectivity index (χ1v) is 3.76. The summed E-state index contributed by atoms with van der Waals surface area (Å²) < 4.78 is 4.83. The number of nitrogens with zero attached hydrogens (tertiary/aromatic N) is 3. The molecule has 1 aromatic carbocycles. The molecule has 0 unspecified atom stereocenters. The number of para-hydroxylation sites is 1. The van der Waals surface area contributed by atoms with E-state index in [9.17, 15) is 4.79 Å². The highest BCUT2D eigenvalue weighted by atomic mass is 16.5. The number of hydrogen-bond donors (Lipinski definition) is 0. The number of rotatable bonds is 3. The van der Waals surface area contributed by atoms with Gasteiger partial charge in [-0.25, -0.2) is 4.79 Å². The van der Waals surface area contributed by atoms with E-state index in [0.29, 0.717) is 0 Å². The molecule has 70 valence electrons. The first-order chi connectivity index (χ1) is 6.77. The third kappa shape index (κ3) is 2.36. The Labute approximate surface area is 80.2 Å². The SMILES string of the molecule is C=CC(=O)Oc1ccccc1N=[N+]=[N-]. The lowest BCUT2D eigenvalue weighted by Crippen LogP contribution is -2.02. The molecule has 0 N–H and O–H groups in total. The number of ether oxygens (including phenoxy) is 1. The molecule has 1 aromatic rings. The van der Waals surface area contributed by atoms with Crippen LogP contribution in [0.3, 0.4) is 0 Å². The van der Waals surface area contributed by atoms with Gasteiger partial charge in [-0.15, -0.1) is 0 Å². The Balaban J connectivity index is 3.00. The summed E-state index contributed by atoms with van der Waals surface area (Å²) in [5.74, 6) is -0.374. The third-order valence-electron chi connectivity index (χ3n) is 1.39. The van der Waals surface area contributed by atoms with Crippen molar-refractivity contribution >= 4 is 11.7 Å². The van der Waals surface area contributed by atoms with Crippen molar-refractivity contribution in [1.82, 2.24) is 0 Å². The molecular formula is C9H7N3O2. The maximum Gasteiger partial charge on any atom is 0.335 e. The average molecular weight is 189 g/mol. The number of hydrogen-bond acceptors (Lipinski definition) is 3. The monoisotopic (exact) mass is 189 g/mol. The van der Waals surface area contributed by atoms with E-state index in [4.69, 9.17) is 10.3 Å². The van der Waals surface area contributed by atoms with Crippen molar-refractivity contribution in [3.05, 3.63) is 47.4 Å². The minimum atomic E-state index is -0.592. The fourth-order valence-electron chi connectivity index (χ4n) is 0.824. The summed E-state index contributed by atoms with van der Waals surface area (Å²) in [6.45, 7) is 3.25. The topological polar surface area (TPSA) is 75.1 Å². The first-order valence-electron chi connectivity index (χ1n) is 3.76. The van der Waals surface area contributed by atoms with E-state index in [1.54, 1.807) is 18.2 Å². The van der Waals surface area contributed by atoms with Crippen LogP contribution >= 0.6 is 0 Å². The molecule has 0 bridgehead atoms. The second-order valence-corrected chi connectivity index (χ2v) is 2.28. The van der Waals surface area contributed by atoms with Crippen molar-refractivity contribution in [2.24, 2.45) is 5.11 Å². The molecule has 0 atom stereocenters. The summed E-state index contributed by atoms with van der Waals surface area (Å²) in [5.41, 5.74) is 8.50. The van der Waals surface area contributed by atoms with Gasteiger partial charge in [0.2, 0.25) is 0 Å². The van der Waals surface area contributed by atoms with Crippen LogP contribution in [-0.4, -0.2) is 5.97 Å². The number of carbonyl (C=O) groups is 1. The zero-order valence-electron chi connectivity index (χ0n) is 7.25. The summed E-state index contributed by atoms with van der Waals surface area (Å²) >= 11 is 0. The Hall–Kier alpha value is -2.26. The second-order valence-electron chi connectivity index (χ2n) is 2.28. The minimum absolute atomic E-state index is 0.218. The summed E-state index contributed by atoms with van der Waals surface area (Å²) in [4.78, 5) is 13.5. The quantitative estimate of drug-likeness (QED) is 0.183. The van der Waals surface area contributed by atoms with E-state index in [-0.39, 0.29) is 11.4 Å². The molecule has 0 fully saturated rings. The van der Waals surface area contributed by atoms with Crippen molar-refractivity contribution in [1.29, 1.82) is 0 Å². The Kier molecular flexibility index (Phi) is 3.29. The summed E-state index contributed by atoms with van der Waals surface area (Å²) in [6, 6.07) is 6.42. The van der Waals surface area contributed by atoms with Crippen molar-refractivity contribution in [2.75, 3.05) is 0 Å². The molecule has 0 saturated heterocycles. The van der Waals surface area contributed by atoms with Gasteiger partial charge in [0.1, 0.15) is 5.75 Å². The van der Waals surface area contributed by atoms with Crippen molar-refractivity contribution < 1.29 is 9.53 Å². The van der Waals surface area contributed by atoms with Crippen molar-refractivity contribution in [2.45, 2.75) is 0 Å². The first kappa shape index (κ1) is 9.83. The number of benzene rings is 1. The van der Waals surface area contributed by atoms with Gasteiger partial charge in [-0.2, -0.15) is 0 Å². The van der Waals surface area contributed by atoms with Gasteiger partial charge in [-0.3, -0.25) is 0 Å². The zero-order chi connectivity index (χ0) is 10.4. The van der Waals surface area contributed by atoms with Crippen molar-refractivity contribution in [3.8, 4) is 5.75 Å². The van der Waals surface area contributed by atoms with E-state index in [2.05, 4.69) is 16.6 Å². The summed E-state index contributed by atoms with van der Waals surface area (Å²) in [6.07, 6.45) is 1.03. The number of carbonyl (C=O) groups excluding carboxylic acids is 1. The second kappa shape index (κ2) is 4.69. The molecular weight excluding hydrogens is 182 g/mol. The van der Waals surface area contributed by atoms with Crippen LogP contribution in [0, 0.1) is 0 Å². The Bertz CT molecular complexity index is 408. The Morgan fingerprint density at radius 2 is 2.29 bits per heavy atom. The molecule has 5 nitrogen and oxygen atoms in total. The van der Waals surface area contributed by atoms with Gasteiger partial charge in [0.15, 0.2) is 0 Å². The van der Waals surface area contributed by atoms with Gasteiger partial charge >= 0.3 is 5.97 Å². The van der Waals surface area contributed by atoms with Crippen LogP contribution in [0.15, 0.2) is 42.0 Å². The molecule has 0 saturated carbocycles. The molecule has 0 amide bonds. The maximum absolute atomic E-state index is 10.9. The standard InChI is InChI=1S/C9H7N3O2/c1-2-9(13)14-8-6-4-3-5-7(8)11-12-10/h2-6H,1H2. The van der Waals surface area contributed by atoms with Gasteiger partial charge in [0.05, 0.1) is 5.69 Å². The van der Waals surface area contributed by atoms with Crippen LogP contribution in [0.2, 0.25) is 0 Å². The Morgan fingerprint density at radius 3 is 2.93 bits per heavy atom. The van der Waals surface area contributed by atoms with Crippen LogP contribution in [0.5, 0.6) is 5.75 Å². The van der Waals surface area contributed by atoms with E-state index < -0.39 is 5.97 Å². The highest BCUT2D eigenvalue weighted by molar-refractivity contribution is 5.84. The predicted octanol–water partition coefficient (Wildman–Crippen LogP) is 2.72. The average Bonchev–Trinajstić information content (AvgIpc) is 2.21. The van der Waals surface area contributed by atoms with Gasteiger partial charge in [0, 0.05) is 11.0 Å². The Morgan fingerprint density at radius 1 is 1.57 bits per heavy atom. The lowest BCUT2D eigenvalue weighted by Gasteiger charge is -2.02. The lowest BCUT2D eigenvalue weighted by molar-refractivity contribution is -0.128. The molecule has 0 heterocycles. The molecule has 0 aliphatic heterocycles. The van der Waals surface area contributed by atoms with Gasteiger partial charge in [-0.05, 0) is 17.7 Å². The highest BCUT2D eigenvalue weighted by Crippen LogP contribution is 2.26. The summed E-state index contributed by atoms with van der Waals surface area (Å²) in [7, 11) is 0. The van der Waals surface area contributed by atoms with Crippen molar-refractivity contribution in [3.63, 3.8) is 0 Å². The van der Waals surface area contributed by atoms with E-state index >= 15 is 0 Å². The van der Waals surface area contributed by atoms with Crippen LogP contribution in [0.1, 0.15) is 0 Å². The van der Waals surface area contributed by atoms with Gasteiger partial charge in [0.25, 0.3) is 0 Å². The number of azide groups is 1. The van der Waals surface area contributed by atoms with Gasteiger partial charge < -0.3 is 4.74 Å². The molecule has 0 aliphatic rings. The smallest absolute Gasteiger partial charge is 0.335 e. The van der Waals surface area contributed by atoms with Crippen LogP contribution < -0.4 is 4.74 Å². The molecule has 0 aromatic heterocycles. The predicted molar refractivity (Wildman–Crippen MR) is 51.1 cm³/mol. The van der Waals surface area contributed by atoms with E-state index in [1.165, 1.54) is 6.07 Å².